The number of hydrogen-bond donors (Lipinski definition) is 0. The van der Waals surface area contributed by atoms with Crippen LogP contribution in [-0.4, -0.2) is 90.7 Å². The van der Waals surface area contributed by atoms with Crippen molar-refractivity contribution in [3.8, 4) is 0 Å². The van der Waals surface area contributed by atoms with E-state index in [1.807, 2.05) is 0 Å². The minimum absolute atomic E-state index is 2.91. The average Bonchev–Trinajstić information content (AvgIpc) is 3.01. The smallest absolute Gasteiger partial charge is 0.267 e. The molecule has 0 bridgehead atoms. The van der Waals surface area contributed by atoms with Gasteiger partial charge in [-0.1, -0.05) is 452 Å². The molecule has 0 aromatic carbocycles. The van der Waals surface area contributed by atoms with Crippen molar-refractivity contribution in [3.05, 3.63) is 0 Å². The molecule has 0 aromatic rings. The van der Waals surface area contributed by atoms with Gasteiger partial charge in [-0.05, 0) is 0 Å². The van der Waals surface area contributed by atoms with E-state index in [-0.39, 0.29) is 0 Å². The van der Waals surface area contributed by atoms with Crippen LogP contribution in [0.4, 0.5) is 0 Å². The van der Waals surface area contributed by atoms with Crippen LogP contribution in [0.15, 0.2) is 0 Å². The third-order valence-electron chi connectivity index (χ3n) is 7.20. The van der Waals surface area contributed by atoms with Gasteiger partial charge in [0.2, 0.25) is 12.5 Å². The van der Waals surface area contributed by atoms with Crippen molar-refractivity contribution in [2.45, 2.75) is 82.0 Å². The van der Waals surface area contributed by atoms with Crippen LogP contribution in [-0.2, 0) is 15.5 Å². The molecule has 0 fully saturated rings. The van der Waals surface area contributed by atoms with Gasteiger partial charge >= 0.3 is 0 Å². The summed E-state index contributed by atoms with van der Waals surface area (Å²) in [7, 11) is 0. The quantitative estimate of drug-likeness (QED) is 0.0957. The summed E-state index contributed by atoms with van der Waals surface area (Å²) in [6.07, 6.45) is 0. The molecular weight excluding hydrogens is 1690 g/mol. The Bertz CT molecular complexity index is 1670. The van der Waals surface area contributed by atoms with Crippen LogP contribution in [0.3, 0.4) is 0 Å². The second-order valence-corrected chi connectivity index (χ2v) is 37.7. The topological polar surface area (TPSA) is 49.4 Å². The third kappa shape index (κ3) is 11.1. The molecule has 62 heavy (non-hydrogen) atoms. The molecule has 0 aliphatic heterocycles. The van der Waals surface area contributed by atoms with Gasteiger partial charge in [0.25, 0.3) is 4.52 Å². The van der Waals surface area contributed by atoms with Crippen LogP contribution < -0.4 is 0 Å². The molecule has 0 radical (unpaired) electrons. The second kappa shape index (κ2) is 22.0. The molecule has 43 heteroatoms. The molecule has 0 saturated carbocycles. The van der Waals surface area contributed by atoms with Crippen molar-refractivity contribution < 1.29 is 12.9 Å². The summed E-state index contributed by atoms with van der Waals surface area (Å²) < 4.78 is -41.7. The number of halogens is 39. The predicted octanol–water partition coefficient (Wildman–Crippen LogP) is 22.3. The molecule has 3 nitrogen and oxygen atoms in total. The maximum absolute atomic E-state index is 11.2. The van der Waals surface area contributed by atoms with Gasteiger partial charge in [0.1, 0.15) is 0 Å². The maximum Gasteiger partial charge on any atom is 0.267 e. The predicted molar refractivity (Wildman–Crippen MR) is 290 cm³/mol. The molecule has 1 atom stereocenters. The lowest BCUT2D eigenvalue weighted by Crippen LogP contribution is -2.76. The minimum Gasteiger partial charge on any atom is -0.750 e. The average molecular weight is 1690 g/mol. The standard InChI is InChI=1S/C19HCl39O3S/c20-1(21,2(22,23)4(26,27)6(30,31)8(34,35)10(38,39)12(42,43)14(46,47)16(50,51)18(54,55)56)3(24,25)5(28,29)7(32,33)9(36,37)11(40,41)13(44,45)15(48,49)17(52,53)19(57,58)61-62(59)60/h(H,59,60)/p-1. The van der Waals surface area contributed by atoms with Crippen LogP contribution in [0.5, 0.6) is 0 Å². The van der Waals surface area contributed by atoms with E-state index in [0.717, 1.165) is 0 Å². The van der Waals surface area contributed by atoms with E-state index in [1.54, 1.807) is 0 Å². The largest absolute Gasteiger partial charge is 0.750 e. The highest BCUT2D eigenvalue weighted by Gasteiger charge is 2.89. The van der Waals surface area contributed by atoms with Gasteiger partial charge in [-0.3, -0.25) is 4.18 Å². The Morgan fingerprint density at radius 2 is 0.339 bits per heavy atom. The van der Waals surface area contributed by atoms with Gasteiger partial charge < -0.3 is 4.55 Å². The molecule has 0 aromatic heterocycles. The zero-order valence-electron chi connectivity index (χ0n) is 25.9. The molecule has 0 heterocycles. The Balaban J connectivity index is 7.94. The lowest BCUT2D eigenvalue weighted by molar-refractivity contribution is 0.205. The molecule has 0 saturated heterocycles. The zero-order valence-corrected chi connectivity index (χ0v) is 56.2. The summed E-state index contributed by atoms with van der Waals surface area (Å²) in [5.74, 6) is 0. The number of rotatable bonds is 19. The molecule has 0 aliphatic rings. The van der Waals surface area contributed by atoms with Gasteiger partial charge in [0.15, 0.2) is 65.0 Å². The molecule has 0 rings (SSSR count). The zero-order chi connectivity index (χ0) is 51.8. The summed E-state index contributed by atoms with van der Waals surface area (Å²) in [6, 6.07) is 0. The van der Waals surface area contributed by atoms with Crippen LogP contribution in [0, 0.1) is 0 Å². The van der Waals surface area contributed by atoms with Gasteiger partial charge in [0.05, 0.1) is 11.4 Å². The fraction of sp³-hybridized carbons (Fsp3) is 1.00. The first-order valence-electron chi connectivity index (χ1n) is 12.6. The van der Waals surface area contributed by atoms with E-state index in [2.05, 4.69) is 4.18 Å². The number of alkyl halides is 39. The SMILES string of the molecule is O=S([O-])OC(Cl)(Cl)C(Cl)(Cl)C(Cl)(Cl)C(Cl)(Cl)C(Cl)(Cl)C(Cl)(Cl)C(Cl)(Cl)C(Cl)(Cl)C(Cl)(Cl)C(Cl)(Cl)C(Cl)(Cl)C(Cl)(Cl)C(Cl)(Cl)C(Cl)(Cl)C(Cl)(Cl)C(Cl)(Cl)C(Cl)(Cl)C(Cl)(Cl)C(Cl)(Cl)Cl. The maximum atomic E-state index is 11.2. The molecular formula is C19Cl39O3S-. The first-order valence-corrected chi connectivity index (χ1v) is 28.3. The van der Waals surface area contributed by atoms with Gasteiger partial charge in [-0.25, -0.2) is 4.21 Å². The van der Waals surface area contributed by atoms with E-state index < -0.39 is 93.3 Å². The van der Waals surface area contributed by atoms with E-state index in [1.165, 1.54) is 0 Å². The summed E-state index contributed by atoms with van der Waals surface area (Å²) in [5, 5.41) is 0. The fourth-order valence-electron chi connectivity index (χ4n) is 3.46. The summed E-state index contributed by atoms with van der Waals surface area (Å²) in [5.41, 5.74) is 0. The molecule has 0 amide bonds. The molecule has 0 spiro atoms. The van der Waals surface area contributed by atoms with Crippen molar-refractivity contribution in [2.75, 3.05) is 0 Å². The minimum atomic E-state index is -3.82. The Kier molecular flexibility index (Phi) is 26.1. The second-order valence-electron chi connectivity index (χ2n) is 11.1. The summed E-state index contributed by atoms with van der Waals surface area (Å²) in [4.78, 5) is 0. The first kappa shape index (κ1) is 73.4. The van der Waals surface area contributed by atoms with Gasteiger partial charge in [0, 0.05) is 0 Å². The van der Waals surface area contributed by atoms with Crippen molar-refractivity contribution in [1.29, 1.82) is 0 Å². The molecule has 374 valence electrons. The van der Waals surface area contributed by atoms with Crippen LogP contribution in [0.2, 0.25) is 0 Å². The van der Waals surface area contributed by atoms with E-state index in [4.69, 9.17) is 452 Å². The highest BCUT2D eigenvalue weighted by molar-refractivity contribution is 7.74. The van der Waals surface area contributed by atoms with E-state index in [9.17, 15) is 8.76 Å². The van der Waals surface area contributed by atoms with E-state index >= 15 is 0 Å². The summed E-state index contributed by atoms with van der Waals surface area (Å²) >= 11 is 245. The fourth-order valence-corrected chi connectivity index (χ4v) is 17.4. The molecule has 1 unspecified atom stereocenters. The Morgan fingerprint density at radius 3 is 0.452 bits per heavy atom. The van der Waals surface area contributed by atoms with Gasteiger partial charge in [-0.2, -0.15) is 0 Å². The number of hydrogen-bond acceptors (Lipinski definition) is 3. The monoisotopic (exact) mass is 1670 g/mol. The van der Waals surface area contributed by atoms with E-state index in [0.29, 0.717) is 0 Å². The Morgan fingerprint density at radius 1 is 0.226 bits per heavy atom. The Hall–Kier alpha value is 11.4. The Labute approximate surface area is 549 Å². The lowest BCUT2D eigenvalue weighted by Gasteiger charge is -2.59. The van der Waals surface area contributed by atoms with Crippen molar-refractivity contribution in [3.63, 3.8) is 0 Å². The van der Waals surface area contributed by atoms with Crippen molar-refractivity contribution in [1.82, 2.24) is 0 Å². The molecule has 0 N–H and O–H groups in total. The lowest BCUT2D eigenvalue weighted by atomic mass is 9.96. The summed E-state index contributed by atoms with van der Waals surface area (Å²) in [6.45, 7) is 0. The first-order chi connectivity index (χ1) is 25.9. The van der Waals surface area contributed by atoms with Crippen LogP contribution in [0.25, 0.3) is 0 Å². The van der Waals surface area contributed by atoms with Crippen LogP contribution in [0.1, 0.15) is 0 Å². The highest BCUT2D eigenvalue weighted by atomic mass is 35.6. The van der Waals surface area contributed by atoms with Crippen molar-refractivity contribution >= 4 is 464 Å². The van der Waals surface area contributed by atoms with Gasteiger partial charge in [-0.15, -0.1) is 0 Å². The normalized spacial score (nSPS) is 17.7. The molecule has 0 aliphatic carbocycles. The third-order valence-corrected chi connectivity index (χ3v) is 35.7. The van der Waals surface area contributed by atoms with Crippen molar-refractivity contribution in [2.24, 2.45) is 0 Å². The highest BCUT2D eigenvalue weighted by Crippen LogP contribution is 2.79. The van der Waals surface area contributed by atoms with Crippen LogP contribution >= 0.6 is 452 Å².